The third-order valence-corrected chi connectivity index (χ3v) is 3.67. The smallest absolute Gasteiger partial charge is 0.398 e. The van der Waals surface area contributed by atoms with Gasteiger partial charge in [0.05, 0.1) is 16.8 Å². The van der Waals surface area contributed by atoms with Crippen molar-refractivity contribution in [3.8, 4) is 12.3 Å². The highest BCUT2D eigenvalue weighted by Gasteiger charge is 2.52. The van der Waals surface area contributed by atoms with Crippen LogP contribution in [0.4, 0.5) is 0 Å². The molecule has 0 atom stereocenters. The van der Waals surface area contributed by atoms with E-state index < -0.39 is 18.3 Å². The van der Waals surface area contributed by atoms with Gasteiger partial charge < -0.3 is 9.31 Å². The van der Waals surface area contributed by atoms with Gasteiger partial charge in [0.1, 0.15) is 5.15 Å². The summed E-state index contributed by atoms with van der Waals surface area (Å²) in [5, 5.41) is 0.343. The van der Waals surface area contributed by atoms with Gasteiger partial charge in [0.2, 0.25) is 0 Å². The number of pyridine rings is 1. The van der Waals surface area contributed by atoms with Gasteiger partial charge in [0, 0.05) is 5.56 Å². The van der Waals surface area contributed by atoms with Crippen LogP contribution in [0.1, 0.15) is 33.3 Å². The summed E-state index contributed by atoms with van der Waals surface area (Å²) >= 11 is 5.93. The van der Waals surface area contributed by atoms with Gasteiger partial charge >= 0.3 is 7.12 Å². The molecule has 0 N–H and O–H groups in total. The zero-order valence-electron chi connectivity index (χ0n) is 11.0. The lowest BCUT2D eigenvalue weighted by molar-refractivity contribution is 0.00578. The number of halogens is 1. The minimum absolute atomic E-state index is 0.343. The van der Waals surface area contributed by atoms with Crippen LogP contribution in [-0.2, 0) is 9.31 Å². The van der Waals surface area contributed by atoms with Gasteiger partial charge in [-0.05, 0) is 39.8 Å². The Balaban J connectivity index is 2.36. The van der Waals surface area contributed by atoms with Crippen molar-refractivity contribution in [3.63, 3.8) is 0 Å². The molecule has 18 heavy (non-hydrogen) atoms. The first-order valence-corrected chi connectivity index (χ1v) is 6.13. The summed E-state index contributed by atoms with van der Waals surface area (Å²) < 4.78 is 11.8. The summed E-state index contributed by atoms with van der Waals surface area (Å²) in [5.74, 6) is 2.54. The Labute approximate surface area is 113 Å². The van der Waals surface area contributed by atoms with E-state index in [0.29, 0.717) is 16.3 Å². The maximum Gasteiger partial charge on any atom is 0.514 e. The number of nitrogens with zero attached hydrogens (tertiary/aromatic N) is 1. The van der Waals surface area contributed by atoms with Crippen molar-refractivity contribution < 1.29 is 9.31 Å². The SMILES string of the molecule is C#Cc1cc(Cl)nc(B2OC(C)(C)C(C)(C)O2)c1. The van der Waals surface area contributed by atoms with E-state index in [1.54, 1.807) is 12.1 Å². The Kier molecular flexibility index (Phi) is 3.18. The molecule has 0 aliphatic carbocycles. The Morgan fingerprint density at radius 1 is 1.22 bits per heavy atom. The molecule has 5 heteroatoms. The first kappa shape index (κ1) is 13.4. The fourth-order valence-corrected chi connectivity index (χ4v) is 1.90. The van der Waals surface area contributed by atoms with Crippen LogP contribution in [0.3, 0.4) is 0 Å². The highest BCUT2D eigenvalue weighted by molar-refractivity contribution is 6.61. The summed E-state index contributed by atoms with van der Waals surface area (Å²) in [6.07, 6.45) is 5.37. The first-order chi connectivity index (χ1) is 8.25. The summed E-state index contributed by atoms with van der Waals surface area (Å²) in [7, 11) is -0.541. The van der Waals surface area contributed by atoms with Gasteiger partial charge in [0.15, 0.2) is 0 Å². The normalized spacial score (nSPS) is 20.8. The Bertz CT molecular complexity index is 506. The van der Waals surface area contributed by atoms with Crippen molar-refractivity contribution in [2.75, 3.05) is 0 Å². The molecule has 0 saturated carbocycles. The Hall–Kier alpha value is -1.02. The quantitative estimate of drug-likeness (QED) is 0.441. The monoisotopic (exact) mass is 263 g/mol. The van der Waals surface area contributed by atoms with Crippen LogP contribution in [0.5, 0.6) is 0 Å². The maximum atomic E-state index is 5.93. The molecule has 1 saturated heterocycles. The lowest BCUT2D eigenvalue weighted by Crippen LogP contribution is -2.41. The van der Waals surface area contributed by atoms with Crippen molar-refractivity contribution in [2.24, 2.45) is 0 Å². The van der Waals surface area contributed by atoms with Gasteiger partial charge in [-0.1, -0.05) is 17.5 Å². The van der Waals surface area contributed by atoms with Crippen LogP contribution in [0.25, 0.3) is 0 Å². The molecule has 0 amide bonds. The van der Waals surface area contributed by atoms with Crippen molar-refractivity contribution >= 4 is 24.3 Å². The molecule has 0 spiro atoms. The summed E-state index contributed by atoms with van der Waals surface area (Å²) in [4.78, 5) is 4.21. The molecular weight excluding hydrogens is 248 g/mol. The van der Waals surface area contributed by atoms with Gasteiger partial charge in [-0.15, -0.1) is 6.42 Å². The summed E-state index contributed by atoms with van der Waals surface area (Å²) in [6, 6.07) is 3.39. The van der Waals surface area contributed by atoms with E-state index in [9.17, 15) is 0 Å². The van der Waals surface area contributed by atoms with E-state index in [0.717, 1.165) is 0 Å². The molecule has 0 bridgehead atoms. The second kappa shape index (κ2) is 4.27. The standard InChI is InChI=1S/C13H15BClNO2/c1-6-9-7-10(16-11(15)8-9)14-17-12(2,3)13(4,5)18-14/h1,7-8H,2-5H3. The second-order valence-electron chi connectivity index (χ2n) is 5.34. The molecule has 2 rings (SSSR count). The van der Waals surface area contributed by atoms with E-state index in [4.69, 9.17) is 27.3 Å². The lowest BCUT2D eigenvalue weighted by Gasteiger charge is -2.32. The van der Waals surface area contributed by atoms with Crippen LogP contribution in [0, 0.1) is 12.3 Å². The van der Waals surface area contributed by atoms with Crippen molar-refractivity contribution in [2.45, 2.75) is 38.9 Å². The van der Waals surface area contributed by atoms with E-state index in [1.165, 1.54) is 0 Å². The van der Waals surface area contributed by atoms with Crippen molar-refractivity contribution in [3.05, 3.63) is 22.8 Å². The molecular formula is C13H15BClNO2. The second-order valence-corrected chi connectivity index (χ2v) is 5.72. The van der Waals surface area contributed by atoms with Gasteiger partial charge in [0.25, 0.3) is 0 Å². The van der Waals surface area contributed by atoms with Crippen LogP contribution in [0.2, 0.25) is 5.15 Å². The molecule has 1 fully saturated rings. The van der Waals surface area contributed by atoms with Crippen LogP contribution in [-0.4, -0.2) is 23.3 Å². The zero-order valence-corrected chi connectivity index (χ0v) is 11.7. The zero-order chi connectivity index (χ0) is 13.6. The first-order valence-electron chi connectivity index (χ1n) is 5.75. The Morgan fingerprint density at radius 3 is 2.28 bits per heavy atom. The predicted octanol–water partition coefficient (Wildman–Crippen LogP) is 2.02. The largest absolute Gasteiger partial charge is 0.514 e. The molecule has 1 aromatic rings. The fourth-order valence-electron chi connectivity index (χ4n) is 1.69. The lowest BCUT2D eigenvalue weighted by atomic mass is 9.83. The average Bonchev–Trinajstić information content (AvgIpc) is 2.47. The van der Waals surface area contributed by atoms with E-state index >= 15 is 0 Å². The summed E-state index contributed by atoms with van der Waals surface area (Å²) in [5.41, 5.74) is 0.462. The average molecular weight is 264 g/mol. The predicted molar refractivity (Wildman–Crippen MR) is 72.9 cm³/mol. The van der Waals surface area contributed by atoms with E-state index in [1.807, 2.05) is 27.7 Å². The number of hydrogen-bond acceptors (Lipinski definition) is 3. The van der Waals surface area contributed by atoms with E-state index in [-0.39, 0.29) is 0 Å². The number of hydrogen-bond donors (Lipinski definition) is 0. The third-order valence-electron chi connectivity index (χ3n) is 3.48. The minimum Gasteiger partial charge on any atom is -0.398 e. The molecule has 3 nitrogen and oxygen atoms in total. The summed E-state index contributed by atoms with van der Waals surface area (Å²) in [6.45, 7) is 7.94. The molecule has 94 valence electrons. The fraction of sp³-hybridized carbons (Fsp3) is 0.462. The highest BCUT2D eigenvalue weighted by atomic mass is 35.5. The molecule has 1 aromatic heterocycles. The van der Waals surface area contributed by atoms with Gasteiger partial charge in [-0.3, -0.25) is 0 Å². The molecule has 2 heterocycles. The molecule has 0 unspecified atom stereocenters. The molecule has 0 radical (unpaired) electrons. The molecule has 1 aliphatic rings. The van der Waals surface area contributed by atoms with Crippen molar-refractivity contribution in [1.82, 2.24) is 4.98 Å². The Morgan fingerprint density at radius 2 is 1.78 bits per heavy atom. The maximum absolute atomic E-state index is 5.93. The number of rotatable bonds is 1. The highest BCUT2D eigenvalue weighted by Crippen LogP contribution is 2.36. The van der Waals surface area contributed by atoms with Gasteiger partial charge in [-0.25, -0.2) is 4.98 Å². The van der Waals surface area contributed by atoms with Crippen LogP contribution < -0.4 is 5.59 Å². The minimum atomic E-state index is -0.541. The number of aromatic nitrogens is 1. The molecule has 1 aliphatic heterocycles. The van der Waals surface area contributed by atoms with Crippen molar-refractivity contribution in [1.29, 1.82) is 0 Å². The number of terminal acetylenes is 1. The van der Waals surface area contributed by atoms with Crippen LogP contribution in [0.15, 0.2) is 12.1 Å². The molecule has 0 aromatic carbocycles. The van der Waals surface area contributed by atoms with Gasteiger partial charge in [-0.2, -0.15) is 0 Å². The van der Waals surface area contributed by atoms with Crippen LogP contribution >= 0.6 is 11.6 Å². The third kappa shape index (κ3) is 2.26. The van der Waals surface area contributed by atoms with E-state index in [2.05, 4.69) is 10.9 Å². The topological polar surface area (TPSA) is 31.4 Å².